The Balaban J connectivity index is 2.00. The maximum absolute atomic E-state index is 5.02. The molecule has 100 valence electrons. The second-order valence-electron chi connectivity index (χ2n) is 3.92. The number of nitrogens with zero attached hydrogens (tertiary/aromatic N) is 2. The molecule has 0 aliphatic rings. The van der Waals surface area contributed by atoms with Crippen molar-refractivity contribution in [2.45, 2.75) is 16.5 Å². The van der Waals surface area contributed by atoms with Gasteiger partial charge in [-0.25, -0.2) is 4.98 Å². The van der Waals surface area contributed by atoms with Crippen LogP contribution in [0.15, 0.2) is 52.8 Å². The van der Waals surface area contributed by atoms with Crippen molar-refractivity contribution in [1.82, 2.24) is 15.3 Å². The predicted octanol–water partition coefficient (Wildman–Crippen LogP) is 2.36. The first-order valence-electron chi connectivity index (χ1n) is 6.11. The smallest absolute Gasteiger partial charge is 0.105 e. The minimum absolute atomic E-state index is 0.715. The Kier molecular flexibility index (Phi) is 5.81. The summed E-state index contributed by atoms with van der Waals surface area (Å²) in [4.78, 5) is 9.61. The Bertz CT molecular complexity index is 493. The lowest BCUT2D eigenvalue weighted by Crippen LogP contribution is -2.19. The lowest BCUT2D eigenvalue weighted by atomic mass is 10.3. The van der Waals surface area contributed by atoms with Crippen molar-refractivity contribution in [3.05, 3.63) is 48.4 Å². The average molecular weight is 275 g/mol. The summed E-state index contributed by atoms with van der Waals surface area (Å²) in [5.41, 5.74) is 1.19. The van der Waals surface area contributed by atoms with Crippen LogP contribution >= 0.6 is 11.8 Å². The molecule has 0 bridgehead atoms. The monoisotopic (exact) mass is 275 g/mol. The van der Waals surface area contributed by atoms with E-state index in [0.717, 1.165) is 23.0 Å². The average Bonchev–Trinajstić information content (AvgIpc) is 2.46. The van der Waals surface area contributed by atoms with Gasteiger partial charge in [-0.15, -0.1) is 0 Å². The number of hydrogen-bond donors (Lipinski definition) is 1. The summed E-state index contributed by atoms with van der Waals surface area (Å²) in [6, 6.07) is 8.03. The fourth-order valence-electron chi connectivity index (χ4n) is 1.57. The summed E-state index contributed by atoms with van der Waals surface area (Å²) in [6.07, 6.45) is 5.41. The summed E-state index contributed by atoms with van der Waals surface area (Å²) in [5.74, 6) is 0. The molecule has 0 radical (unpaired) electrons. The van der Waals surface area contributed by atoms with Gasteiger partial charge in [-0.2, -0.15) is 0 Å². The molecule has 19 heavy (non-hydrogen) atoms. The van der Waals surface area contributed by atoms with Crippen LogP contribution in [0.1, 0.15) is 5.56 Å². The van der Waals surface area contributed by atoms with Crippen molar-refractivity contribution in [1.29, 1.82) is 0 Å². The largest absolute Gasteiger partial charge is 0.383 e. The van der Waals surface area contributed by atoms with Gasteiger partial charge in [-0.1, -0.05) is 17.8 Å². The molecule has 0 unspecified atom stereocenters. The van der Waals surface area contributed by atoms with Gasteiger partial charge in [0.1, 0.15) is 5.03 Å². The van der Waals surface area contributed by atoms with Crippen molar-refractivity contribution >= 4 is 11.8 Å². The SMILES string of the molecule is COCCNCc1cccnc1Sc1ccncc1. The van der Waals surface area contributed by atoms with E-state index in [9.17, 15) is 0 Å². The minimum atomic E-state index is 0.715. The zero-order valence-corrected chi connectivity index (χ0v) is 11.7. The third-order valence-electron chi connectivity index (χ3n) is 2.51. The van der Waals surface area contributed by atoms with E-state index >= 15 is 0 Å². The van der Waals surface area contributed by atoms with Crippen molar-refractivity contribution in [2.24, 2.45) is 0 Å². The van der Waals surface area contributed by atoms with Crippen LogP contribution in [0.5, 0.6) is 0 Å². The second-order valence-corrected chi connectivity index (χ2v) is 4.98. The van der Waals surface area contributed by atoms with Gasteiger partial charge in [0.15, 0.2) is 0 Å². The van der Waals surface area contributed by atoms with Gasteiger partial charge in [0.05, 0.1) is 6.61 Å². The maximum Gasteiger partial charge on any atom is 0.105 e. The standard InChI is InChI=1S/C14H17N3OS/c1-18-10-9-16-11-12-3-2-6-17-14(12)19-13-4-7-15-8-5-13/h2-8,16H,9-11H2,1H3. The number of hydrogen-bond acceptors (Lipinski definition) is 5. The zero-order chi connectivity index (χ0) is 13.3. The van der Waals surface area contributed by atoms with E-state index in [1.165, 1.54) is 5.56 Å². The quantitative estimate of drug-likeness (QED) is 0.786. The fraction of sp³-hybridized carbons (Fsp3) is 0.286. The van der Waals surface area contributed by atoms with E-state index in [-0.39, 0.29) is 0 Å². The molecular weight excluding hydrogens is 258 g/mol. The van der Waals surface area contributed by atoms with Gasteiger partial charge in [-0.05, 0) is 23.8 Å². The molecule has 2 aromatic heterocycles. The highest BCUT2D eigenvalue weighted by molar-refractivity contribution is 7.99. The Morgan fingerprint density at radius 1 is 1.21 bits per heavy atom. The van der Waals surface area contributed by atoms with Crippen LogP contribution in [0.3, 0.4) is 0 Å². The third kappa shape index (κ3) is 4.63. The number of nitrogens with one attached hydrogen (secondary N) is 1. The van der Waals surface area contributed by atoms with E-state index in [2.05, 4.69) is 21.4 Å². The molecule has 2 heterocycles. The van der Waals surface area contributed by atoms with E-state index < -0.39 is 0 Å². The first-order chi connectivity index (χ1) is 9.40. The van der Waals surface area contributed by atoms with E-state index in [1.54, 1.807) is 31.3 Å². The third-order valence-corrected chi connectivity index (χ3v) is 3.58. The van der Waals surface area contributed by atoms with Crippen molar-refractivity contribution in [2.75, 3.05) is 20.3 Å². The highest BCUT2D eigenvalue weighted by atomic mass is 32.2. The molecule has 0 saturated heterocycles. The normalized spacial score (nSPS) is 10.6. The van der Waals surface area contributed by atoms with Crippen LogP contribution in [0.4, 0.5) is 0 Å². The molecular formula is C14H17N3OS. The lowest BCUT2D eigenvalue weighted by Gasteiger charge is -2.09. The van der Waals surface area contributed by atoms with E-state index in [1.807, 2.05) is 24.4 Å². The number of methoxy groups -OCH3 is 1. The number of pyridine rings is 2. The molecule has 0 saturated carbocycles. The Morgan fingerprint density at radius 2 is 2.05 bits per heavy atom. The molecule has 0 amide bonds. The van der Waals surface area contributed by atoms with Crippen molar-refractivity contribution < 1.29 is 4.74 Å². The van der Waals surface area contributed by atoms with Gasteiger partial charge < -0.3 is 10.1 Å². The van der Waals surface area contributed by atoms with Crippen LogP contribution in [-0.4, -0.2) is 30.2 Å². The Morgan fingerprint density at radius 3 is 2.84 bits per heavy atom. The summed E-state index contributed by atoms with van der Waals surface area (Å²) in [7, 11) is 1.70. The van der Waals surface area contributed by atoms with Gasteiger partial charge >= 0.3 is 0 Å². The first-order valence-corrected chi connectivity index (χ1v) is 6.93. The molecule has 0 atom stereocenters. The van der Waals surface area contributed by atoms with Crippen molar-refractivity contribution in [3.63, 3.8) is 0 Å². The molecule has 1 N–H and O–H groups in total. The molecule has 0 aromatic carbocycles. The van der Waals surface area contributed by atoms with Crippen LogP contribution in [0, 0.1) is 0 Å². The number of rotatable bonds is 7. The van der Waals surface area contributed by atoms with Gasteiger partial charge in [0, 0.05) is 43.7 Å². The molecule has 2 aromatic rings. The summed E-state index contributed by atoms with van der Waals surface area (Å²) >= 11 is 1.66. The fourth-order valence-corrected chi connectivity index (χ4v) is 2.43. The van der Waals surface area contributed by atoms with Gasteiger partial charge in [0.25, 0.3) is 0 Å². The summed E-state index contributed by atoms with van der Waals surface area (Å²) in [6.45, 7) is 2.35. The molecule has 5 heteroatoms. The van der Waals surface area contributed by atoms with Crippen LogP contribution in [-0.2, 0) is 11.3 Å². The number of aromatic nitrogens is 2. The minimum Gasteiger partial charge on any atom is -0.383 e. The summed E-state index contributed by atoms with van der Waals surface area (Å²) in [5, 5.41) is 4.36. The van der Waals surface area contributed by atoms with E-state index in [4.69, 9.17) is 4.74 Å². The Hall–Kier alpha value is -1.43. The van der Waals surface area contributed by atoms with Crippen LogP contribution in [0.2, 0.25) is 0 Å². The topological polar surface area (TPSA) is 47.0 Å². The molecule has 0 spiro atoms. The van der Waals surface area contributed by atoms with Gasteiger partial charge in [-0.3, -0.25) is 4.98 Å². The summed E-state index contributed by atoms with van der Waals surface area (Å²) < 4.78 is 5.02. The lowest BCUT2D eigenvalue weighted by molar-refractivity contribution is 0.199. The highest BCUT2D eigenvalue weighted by Crippen LogP contribution is 2.27. The van der Waals surface area contributed by atoms with Crippen LogP contribution in [0.25, 0.3) is 0 Å². The zero-order valence-electron chi connectivity index (χ0n) is 10.9. The molecule has 0 aliphatic heterocycles. The predicted molar refractivity (Wildman–Crippen MR) is 76.2 cm³/mol. The van der Waals surface area contributed by atoms with Crippen molar-refractivity contribution in [3.8, 4) is 0 Å². The molecule has 0 fully saturated rings. The van der Waals surface area contributed by atoms with Gasteiger partial charge in [0.2, 0.25) is 0 Å². The molecule has 2 rings (SSSR count). The highest BCUT2D eigenvalue weighted by Gasteiger charge is 2.05. The first kappa shape index (κ1) is 14.0. The Labute approximate surface area is 117 Å². The second kappa shape index (κ2) is 7.89. The molecule has 4 nitrogen and oxygen atoms in total. The molecule has 0 aliphatic carbocycles. The maximum atomic E-state index is 5.02. The number of ether oxygens (including phenoxy) is 1. The van der Waals surface area contributed by atoms with E-state index in [0.29, 0.717) is 6.61 Å². The van der Waals surface area contributed by atoms with Crippen LogP contribution < -0.4 is 5.32 Å².